The van der Waals surface area contributed by atoms with Gasteiger partial charge in [0, 0.05) is 11.6 Å². The van der Waals surface area contributed by atoms with E-state index in [0.717, 1.165) is 17.3 Å². The highest BCUT2D eigenvalue weighted by Gasteiger charge is 2.35. The number of nitrogens with zero attached hydrogens (tertiary/aromatic N) is 2. The summed E-state index contributed by atoms with van der Waals surface area (Å²) in [5, 5.41) is 13.8. The van der Waals surface area contributed by atoms with Crippen molar-refractivity contribution in [3.8, 4) is 17.2 Å². The van der Waals surface area contributed by atoms with Gasteiger partial charge in [-0.25, -0.2) is 0 Å². The van der Waals surface area contributed by atoms with E-state index in [2.05, 4.69) is 26.1 Å². The molecule has 1 aliphatic carbocycles. The van der Waals surface area contributed by atoms with Crippen LogP contribution in [0.2, 0.25) is 0 Å². The molecule has 6 heteroatoms. The standard InChI is InChI=1S/C13H13BrN2O3/c1-18-11(7-2-3-7)12-15-13(19-16-12)9-6-8(14)4-5-10(9)17/h4-7,11,17H,2-3H2,1H3. The first-order valence-electron chi connectivity index (χ1n) is 6.04. The van der Waals surface area contributed by atoms with Crippen molar-refractivity contribution in [1.82, 2.24) is 10.1 Å². The Morgan fingerprint density at radius 3 is 2.95 bits per heavy atom. The van der Waals surface area contributed by atoms with E-state index in [9.17, 15) is 5.11 Å². The first-order chi connectivity index (χ1) is 9.19. The van der Waals surface area contributed by atoms with Gasteiger partial charge in [0.05, 0.1) is 5.56 Å². The maximum Gasteiger partial charge on any atom is 0.261 e. The van der Waals surface area contributed by atoms with E-state index in [4.69, 9.17) is 9.26 Å². The van der Waals surface area contributed by atoms with Gasteiger partial charge < -0.3 is 14.4 Å². The van der Waals surface area contributed by atoms with E-state index in [1.807, 2.05) is 0 Å². The Kier molecular flexibility index (Phi) is 3.28. The van der Waals surface area contributed by atoms with Gasteiger partial charge in [0.15, 0.2) is 0 Å². The van der Waals surface area contributed by atoms with Crippen LogP contribution in [0.25, 0.3) is 11.5 Å². The fourth-order valence-electron chi connectivity index (χ4n) is 2.05. The third-order valence-electron chi connectivity index (χ3n) is 3.19. The predicted molar refractivity (Wildman–Crippen MR) is 71.6 cm³/mol. The Morgan fingerprint density at radius 2 is 2.26 bits per heavy atom. The molecule has 0 aliphatic heterocycles. The number of benzene rings is 1. The van der Waals surface area contributed by atoms with Crippen LogP contribution in [0.4, 0.5) is 0 Å². The maximum atomic E-state index is 9.84. The zero-order chi connectivity index (χ0) is 13.4. The number of hydrogen-bond donors (Lipinski definition) is 1. The van der Waals surface area contributed by atoms with Crippen molar-refractivity contribution < 1.29 is 14.4 Å². The third kappa shape index (κ3) is 2.50. The van der Waals surface area contributed by atoms with Crippen molar-refractivity contribution in [1.29, 1.82) is 0 Å². The highest BCUT2D eigenvalue weighted by Crippen LogP contribution is 2.42. The molecule has 19 heavy (non-hydrogen) atoms. The van der Waals surface area contributed by atoms with Gasteiger partial charge in [-0.3, -0.25) is 0 Å². The number of aromatic hydroxyl groups is 1. The highest BCUT2D eigenvalue weighted by atomic mass is 79.9. The third-order valence-corrected chi connectivity index (χ3v) is 3.68. The largest absolute Gasteiger partial charge is 0.507 e. The molecule has 2 aromatic rings. The summed E-state index contributed by atoms with van der Waals surface area (Å²) in [7, 11) is 1.65. The average Bonchev–Trinajstić information content (AvgIpc) is 3.11. The van der Waals surface area contributed by atoms with Crippen LogP contribution in [0, 0.1) is 5.92 Å². The van der Waals surface area contributed by atoms with Crippen LogP contribution in [0.3, 0.4) is 0 Å². The predicted octanol–water partition coefficient (Wildman–Crippen LogP) is 3.30. The lowest BCUT2D eigenvalue weighted by atomic mass is 10.2. The minimum atomic E-state index is -0.119. The van der Waals surface area contributed by atoms with E-state index in [1.54, 1.807) is 25.3 Å². The molecule has 1 aromatic heterocycles. The molecule has 1 heterocycles. The number of rotatable bonds is 4. The van der Waals surface area contributed by atoms with Crippen molar-refractivity contribution in [3.63, 3.8) is 0 Å². The lowest BCUT2D eigenvalue weighted by Crippen LogP contribution is -2.05. The molecule has 3 rings (SSSR count). The fourth-order valence-corrected chi connectivity index (χ4v) is 2.41. The van der Waals surface area contributed by atoms with Crippen LogP contribution in [0.1, 0.15) is 24.8 Å². The minimum Gasteiger partial charge on any atom is -0.507 e. The van der Waals surface area contributed by atoms with Crippen molar-refractivity contribution in [3.05, 3.63) is 28.5 Å². The SMILES string of the molecule is COC(c1noc(-c2cc(Br)ccc2O)n1)C1CC1. The number of ether oxygens (including phenoxy) is 1. The molecule has 0 radical (unpaired) electrons. The summed E-state index contributed by atoms with van der Waals surface area (Å²) in [5.74, 6) is 1.43. The Bertz CT molecular complexity index is 595. The van der Waals surface area contributed by atoms with Gasteiger partial charge in [0.1, 0.15) is 11.9 Å². The van der Waals surface area contributed by atoms with Crippen LogP contribution in [-0.4, -0.2) is 22.4 Å². The van der Waals surface area contributed by atoms with E-state index < -0.39 is 0 Å². The second kappa shape index (κ2) is 4.94. The van der Waals surface area contributed by atoms with E-state index >= 15 is 0 Å². The van der Waals surface area contributed by atoms with Crippen LogP contribution in [0.5, 0.6) is 5.75 Å². The topological polar surface area (TPSA) is 68.4 Å². The molecular formula is C13H13BrN2O3. The van der Waals surface area contributed by atoms with Gasteiger partial charge in [-0.1, -0.05) is 21.1 Å². The molecule has 0 spiro atoms. The lowest BCUT2D eigenvalue weighted by molar-refractivity contribution is 0.0751. The van der Waals surface area contributed by atoms with Crippen molar-refractivity contribution >= 4 is 15.9 Å². The number of phenols is 1. The molecule has 0 saturated heterocycles. The van der Waals surface area contributed by atoms with Gasteiger partial charge in [-0.05, 0) is 37.0 Å². The molecule has 1 aliphatic rings. The number of hydrogen-bond acceptors (Lipinski definition) is 5. The summed E-state index contributed by atoms with van der Waals surface area (Å²) in [5.41, 5.74) is 0.513. The summed E-state index contributed by atoms with van der Waals surface area (Å²) in [4.78, 5) is 4.33. The highest BCUT2D eigenvalue weighted by molar-refractivity contribution is 9.10. The van der Waals surface area contributed by atoms with E-state index in [1.165, 1.54) is 0 Å². The van der Waals surface area contributed by atoms with Gasteiger partial charge in [0.25, 0.3) is 5.89 Å². The van der Waals surface area contributed by atoms with Crippen molar-refractivity contribution in [2.75, 3.05) is 7.11 Å². The summed E-state index contributed by atoms with van der Waals surface area (Å²) in [6, 6.07) is 5.07. The van der Waals surface area contributed by atoms with Crippen LogP contribution in [0.15, 0.2) is 27.2 Å². The average molecular weight is 325 g/mol. The molecule has 1 N–H and O–H groups in total. The van der Waals surface area contributed by atoms with Crippen LogP contribution in [-0.2, 0) is 4.74 Å². The normalized spacial score (nSPS) is 16.5. The first-order valence-corrected chi connectivity index (χ1v) is 6.83. The molecule has 1 saturated carbocycles. The van der Waals surface area contributed by atoms with E-state index in [-0.39, 0.29) is 11.9 Å². The zero-order valence-corrected chi connectivity index (χ0v) is 11.9. The molecule has 1 aromatic carbocycles. The summed E-state index contributed by atoms with van der Waals surface area (Å²) < 4.78 is 11.5. The van der Waals surface area contributed by atoms with Crippen LogP contribution >= 0.6 is 15.9 Å². The zero-order valence-electron chi connectivity index (χ0n) is 10.3. The summed E-state index contributed by atoms with van der Waals surface area (Å²) >= 11 is 3.35. The Morgan fingerprint density at radius 1 is 1.47 bits per heavy atom. The number of aromatic nitrogens is 2. The maximum absolute atomic E-state index is 9.84. The van der Waals surface area contributed by atoms with Crippen molar-refractivity contribution in [2.45, 2.75) is 18.9 Å². The number of methoxy groups -OCH3 is 1. The monoisotopic (exact) mass is 324 g/mol. The molecule has 0 amide bonds. The molecule has 1 atom stereocenters. The van der Waals surface area contributed by atoms with E-state index in [0.29, 0.717) is 23.2 Å². The molecule has 5 nitrogen and oxygen atoms in total. The minimum absolute atomic E-state index is 0.110. The van der Waals surface area contributed by atoms with Gasteiger partial charge in [-0.2, -0.15) is 4.98 Å². The number of halogens is 1. The Hall–Kier alpha value is -1.40. The second-order valence-corrected chi connectivity index (χ2v) is 5.53. The summed E-state index contributed by atoms with van der Waals surface area (Å²) in [6.07, 6.45) is 2.14. The smallest absolute Gasteiger partial charge is 0.261 e. The molecule has 100 valence electrons. The van der Waals surface area contributed by atoms with Gasteiger partial charge in [-0.15, -0.1) is 0 Å². The van der Waals surface area contributed by atoms with Crippen LogP contribution < -0.4 is 0 Å². The quantitative estimate of drug-likeness (QED) is 0.934. The van der Waals surface area contributed by atoms with Crippen molar-refractivity contribution in [2.24, 2.45) is 5.92 Å². The Balaban J connectivity index is 1.94. The summed E-state index contributed by atoms with van der Waals surface area (Å²) in [6.45, 7) is 0. The lowest BCUT2D eigenvalue weighted by Gasteiger charge is -2.08. The van der Waals surface area contributed by atoms with Gasteiger partial charge >= 0.3 is 0 Å². The fraction of sp³-hybridized carbons (Fsp3) is 0.385. The first kappa shape index (κ1) is 12.6. The molecule has 0 bridgehead atoms. The molecule has 1 fully saturated rings. The second-order valence-electron chi connectivity index (χ2n) is 4.61. The molecule has 1 unspecified atom stereocenters. The molecular weight excluding hydrogens is 312 g/mol. The number of phenolic OH excluding ortho intramolecular Hbond substituents is 1. The van der Waals surface area contributed by atoms with Gasteiger partial charge in [0.2, 0.25) is 5.82 Å². The Labute approximate surface area is 118 Å².